The van der Waals surface area contributed by atoms with Crippen LogP contribution in [0.15, 0.2) is 24.3 Å². The number of hydrogen-bond donors (Lipinski definition) is 1. The number of rotatable bonds is 5. The van der Waals surface area contributed by atoms with Crippen molar-refractivity contribution in [3.8, 4) is 0 Å². The highest BCUT2D eigenvalue weighted by atomic mass is 32.1. The summed E-state index contributed by atoms with van der Waals surface area (Å²) in [6, 6.07) is 6.26. The van der Waals surface area contributed by atoms with Crippen molar-refractivity contribution in [1.29, 1.82) is 0 Å². The average Bonchev–Trinajstić information content (AvgIpc) is 3.22. The maximum atomic E-state index is 13.2. The highest BCUT2D eigenvalue weighted by molar-refractivity contribution is 7.19. The van der Waals surface area contributed by atoms with Crippen LogP contribution in [0.2, 0.25) is 0 Å². The molecular formula is C20H24FN5O2S. The van der Waals surface area contributed by atoms with Gasteiger partial charge < -0.3 is 10.2 Å². The summed E-state index contributed by atoms with van der Waals surface area (Å²) in [5, 5.41) is 12.9. The number of benzene rings is 1. The molecule has 2 fully saturated rings. The van der Waals surface area contributed by atoms with E-state index in [0.29, 0.717) is 24.6 Å². The molecule has 2 aliphatic heterocycles. The lowest BCUT2D eigenvalue weighted by atomic mass is 9.96. The zero-order valence-corrected chi connectivity index (χ0v) is 17.0. The van der Waals surface area contributed by atoms with Crippen LogP contribution in [-0.4, -0.2) is 41.6 Å². The minimum absolute atomic E-state index is 0.00535. The van der Waals surface area contributed by atoms with Crippen LogP contribution in [0.4, 0.5) is 14.7 Å². The van der Waals surface area contributed by atoms with E-state index in [2.05, 4.69) is 20.4 Å². The van der Waals surface area contributed by atoms with E-state index in [9.17, 15) is 14.0 Å². The Kier molecular flexibility index (Phi) is 6.03. The number of nitrogens with zero attached hydrogens (tertiary/aromatic N) is 4. The molecule has 0 aliphatic carbocycles. The van der Waals surface area contributed by atoms with E-state index < -0.39 is 0 Å². The standard InChI is InChI=1S/C20H24FN5O2S/c21-16-5-3-4-14(12-16)13-22-18(28)15-7-10-25(11-8-15)19-23-24-20(29-19)26-9-2-1-6-17(26)27/h3-5,12,15H,1-2,6-11,13H2,(H,22,28). The zero-order chi connectivity index (χ0) is 20.2. The molecule has 4 rings (SSSR count). The highest BCUT2D eigenvalue weighted by Gasteiger charge is 2.28. The van der Waals surface area contributed by atoms with Gasteiger partial charge in [0.1, 0.15) is 5.82 Å². The highest BCUT2D eigenvalue weighted by Crippen LogP contribution is 2.31. The lowest BCUT2D eigenvalue weighted by molar-refractivity contribution is -0.125. The van der Waals surface area contributed by atoms with E-state index in [-0.39, 0.29) is 23.5 Å². The Hall–Kier alpha value is -2.55. The van der Waals surface area contributed by atoms with Crippen LogP contribution in [0.25, 0.3) is 0 Å². The van der Waals surface area contributed by atoms with E-state index >= 15 is 0 Å². The molecule has 1 aromatic carbocycles. The topological polar surface area (TPSA) is 78.4 Å². The van der Waals surface area contributed by atoms with Gasteiger partial charge in [-0.05, 0) is 43.4 Å². The zero-order valence-electron chi connectivity index (χ0n) is 16.1. The molecule has 0 atom stereocenters. The molecule has 1 aromatic heterocycles. The molecule has 2 saturated heterocycles. The fraction of sp³-hybridized carbons (Fsp3) is 0.500. The van der Waals surface area contributed by atoms with Crippen LogP contribution in [0.1, 0.15) is 37.7 Å². The first-order chi connectivity index (χ1) is 14.1. The summed E-state index contributed by atoms with van der Waals surface area (Å²) in [6.45, 7) is 2.49. The molecule has 2 aliphatic rings. The molecule has 0 unspecified atom stereocenters. The van der Waals surface area contributed by atoms with E-state index in [1.165, 1.54) is 23.5 Å². The normalized spacial score (nSPS) is 18.2. The molecule has 0 saturated carbocycles. The second kappa shape index (κ2) is 8.86. The second-order valence-electron chi connectivity index (χ2n) is 7.48. The molecule has 7 nitrogen and oxygen atoms in total. The molecule has 3 heterocycles. The summed E-state index contributed by atoms with van der Waals surface area (Å²) in [5.41, 5.74) is 0.754. The predicted molar refractivity (Wildman–Crippen MR) is 109 cm³/mol. The van der Waals surface area contributed by atoms with Crippen molar-refractivity contribution >= 4 is 33.4 Å². The maximum Gasteiger partial charge on any atom is 0.228 e. The number of carbonyl (C=O) groups is 2. The van der Waals surface area contributed by atoms with Crippen molar-refractivity contribution in [3.63, 3.8) is 0 Å². The summed E-state index contributed by atoms with van der Waals surface area (Å²) >= 11 is 1.44. The fourth-order valence-electron chi connectivity index (χ4n) is 3.77. The van der Waals surface area contributed by atoms with Crippen molar-refractivity contribution in [2.45, 2.75) is 38.6 Å². The summed E-state index contributed by atoms with van der Waals surface area (Å²) in [4.78, 5) is 28.4. The summed E-state index contributed by atoms with van der Waals surface area (Å²) in [7, 11) is 0. The first kappa shape index (κ1) is 19.8. The molecular weight excluding hydrogens is 393 g/mol. The first-order valence-electron chi connectivity index (χ1n) is 10.0. The van der Waals surface area contributed by atoms with E-state index in [1.807, 2.05) is 0 Å². The molecule has 2 aromatic rings. The van der Waals surface area contributed by atoms with Crippen molar-refractivity contribution < 1.29 is 14.0 Å². The van der Waals surface area contributed by atoms with Crippen LogP contribution < -0.4 is 15.1 Å². The molecule has 1 N–H and O–H groups in total. The number of hydrogen-bond acceptors (Lipinski definition) is 6. The van der Waals surface area contributed by atoms with E-state index in [1.54, 1.807) is 17.0 Å². The van der Waals surface area contributed by atoms with Gasteiger partial charge in [-0.1, -0.05) is 23.5 Å². The molecule has 29 heavy (non-hydrogen) atoms. The van der Waals surface area contributed by atoms with Gasteiger partial charge in [-0.25, -0.2) is 4.39 Å². The Labute approximate surface area is 172 Å². The largest absolute Gasteiger partial charge is 0.352 e. The number of anilines is 2. The van der Waals surface area contributed by atoms with Gasteiger partial charge in [0.25, 0.3) is 0 Å². The minimum atomic E-state index is -0.298. The number of nitrogens with one attached hydrogen (secondary N) is 1. The lowest BCUT2D eigenvalue weighted by Crippen LogP contribution is -2.40. The van der Waals surface area contributed by atoms with Gasteiger partial charge in [0.15, 0.2) is 0 Å². The quantitative estimate of drug-likeness (QED) is 0.809. The Morgan fingerprint density at radius 2 is 1.97 bits per heavy atom. The van der Waals surface area contributed by atoms with Gasteiger partial charge in [-0.15, -0.1) is 10.2 Å². The van der Waals surface area contributed by atoms with E-state index in [4.69, 9.17) is 0 Å². The molecule has 9 heteroatoms. The Morgan fingerprint density at radius 3 is 2.72 bits per heavy atom. The van der Waals surface area contributed by atoms with Crippen LogP contribution >= 0.6 is 11.3 Å². The number of amides is 2. The van der Waals surface area contributed by atoms with Crippen LogP contribution in [-0.2, 0) is 16.1 Å². The van der Waals surface area contributed by atoms with Crippen molar-refractivity contribution in [2.75, 3.05) is 29.4 Å². The monoisotopic (exact) mass is 417 g/mol. The van der Waals surface area contributed by atoms with Gasteiger partial charge >= 0.3 is 0 Å². The molecule has 0 spiro atoms. The van der Waals surface area contributed by atoms with Crippen molar-refractivity contribution in [2.24, 2.45) is 5.92 Å². The Bertz CT molecular complexity index is 881. The predicted octanol–water partition coefficient (Wildman–Crippen LogP) is 2.73. The Morgan fingerprint density at radius 1 is 1.17 bits per heavy atom. The molecule has 0 radical (unpaired) electrons. The van der Waals surface area contributed by atoms with Gasteiger partial charge in [-0.3, -0.25) is 14.5 Å². The SMILES string of the molecule is O=C(NCc1cccc(F)c1)C1CCN(c2nnc(N3CCCCC3=O)s2)CC1. The summed E-state index contributed by atoms with van der Waals surface area (Å²) < 4.78 is 13.2. The van der Waals surface area contributed by atoms with Gasteiger partial charge in [0, 0.05) is 38.5 Å². The van der Waals surface area contributed by atoms with Crippen molar-refractivity contribution in [3.05, 3.63) is 35.6 Å². The average molecular weight is 418 g/mol. The molecule has 154 valence electrons. The maximum absolute atomic E-state index is 13.2. The third kappa shape index (κ3) is 4.72. The fourth-order valence-corrected chi connectivity index (χ4v) is 4.71. The number of piperidine rings is 2. The second-order valence-corrected chi connectivity index (χ2v) is 8.41. The minimum Gasteiger partial charge on any atom is -0.352 e. The van der Waals surface area contributed by atoms with Gasteiger partial charge in [-0.2, -0.15) is 0 Å². The van der Waals surface area contributed by atoms with Crippen LogP contribution in [0.5, 0.6) is 0 Å². The summed E-state index contributed by atoms with van der Waals surface area (Å²) in [6.07, 6.45) is 3.97. The third-order valence-corrected chi connectivity index (χ3v) is 6.46. The van der Waals surface area contributed by atoms with Crippen molar-refractivity contribution in [1.82, 2.24) is 15.5 Å². The number of halogens is 1. The summed E-state index contributed by atoms with van der Waals surface area (Å²) in [5.74, 6) is -0.234. The van der Waals surface area contributed by atoms with E-state index in [0.717, 1.165) is 49.5 Å². The van der Waals surface area contributed by atoms with Gasteiger partial charge in [0.2, 0.25) is 22.1 Å². The third-order valence-electron chi connectivity index (χ3n) is 5.45. The molecule has 0 bridgehead atoms. The Balaban J connectivity index is 1.28. The number of carbonyl (C=O) groups excluding carboxylic acids is 2. The van der Waals surface area contributed by atoms with Crippen LogP contribution in [0.3, 0.4) is 0 Å². The number of aromatic nitrogens is 2. The van der Waals surface area contributed by atoms with Gasteiger partial charge in [0.05, 0.1) is 0 Å². The smallest absolute Gasteiger partial charge is 0.228 e. The first-order valence-corrected chi connectivity index (χ1v) is 10.8. The lowest BCUT2D eigenvalue weighted by Gasteiger charge is -2.30. The van der Waals surface area contributed by atoms with Crippen LogP contribution in [0, 0.1) is 11.7 Å². The molecule has 2 amide bonds.